The lowest BCUT2D eigenvalue weighted by molar-refractivity contribution is -0.154. The Bertz CT molecular complexity index is 1070. The number of thioether (sulfide) groups is 1. The van der Waals surface area contributed by atoms with Crippen molar-refractivity contribution in [2.24, 2.45) is 11.3 Å². The van der Waals surface area contributed by atoms with Crippen molar-refractivity contribution >= 4 is 40.9 Å². The summed E-state index contributed by atoms with van der Waals surface area (Å²) < 4.78 is 39.9. The van der Waals surface area contributed by atoms with Gasteiger partial charge in [0.2, 0.25) is 5.91 Å². The molecule has 1 saturated carbocycles. The molecule has 188 valence electrons. The Kier molecular flexibility index (Phi) is 7.85. The molecule has 0 aromatic heterocycles. The van der Waals surface area contributed by atoms with Crippen molar-refractivity contribution in [2.75, 3.05) is 5.75 Å². The number of piperidine rings is 1. The summed E-state index contributed by atoms with van der Waals surface area (Å²) in [6.07, 6.45) is 4.34. The molecule has 2 aromatic carbocycles. The molecule has 1 amide bonds. The van der Waals surface area contributed by atoms with Crippen LogP contribution in [0, 0.1) is 11.3 Å². The van der Waals surface area contributed by atoms with Crippen molar-refractivity contribution in [2.45, 2.75) is 56.1 Å². The van der Waals surface area contributed by atoms with Crippen molar-refractivity contribution in [3.63, 3.8) is 0 Å². The summed E-state index contributed by atoms with van der Waals surface area (Å²) >= 11 is 12.5. The molecule has 0 spiro atoms. The van der Waals surface area contributed by atoms with Crippen LogP contribution >= 0.6 is 35.0 Å². The molecule has 2 aliphatic rings. The van der Waals surface area contributed by atoms with Crippen LogP contribution in [0.25, 0.3) is 0 Å². The summed E-state index contributed by atoms with van der Waals surface area (Å²) in [4.78, 5) is 15.9. The number of benzene rings is 2. The zero-order valence-electron chi connectivity index (χ0n) is 19.4. The molecule has 0 radical (unpaired) electrons. The molecule has 8 heteroatoms. The second-order valence-corrected chi connectivity index (χ2v) is 11.7. The lowest BCUT2D eigenvalue weighted by Crippen LogP contribution is -2.57. The number of halogens is 5. The van der Waals surface area contributed by atoms with Gasteiger partial charge in [-0.05, 0) is 78.8 Å². The van der Waals surface area contributed by atoms with Crippen molar-refractivity contribution in [3.05, 3.63) is 82.4 Å². The van der Waals surface area contributed by atoms with E-state index in [1.807, 2.05) is 37.3 Å². The standard InChI is InChI=1S/C27H28Cl2F3NOS/c1-3-13-26(2)15-22(19-5-4-6-21(29)14-19)24(18-9-11-20(28)12-10-18)33(25(26)34)23(17-7-8-17)16-35-27(30,31)32/h3-6,9-12,14,17,22-24H,1,7-8,13,15-16H2,2H3/t22?,23-,24?,26?/m1/s1. The first-order chi connectivity index (χ1) is 16.5. The summed E-state index contributed by atoms with van der Waals surface area (Å²) in [6, 6.07) is 13.9. The quantitative estimate of drug-likeness (QED) is 0.311. The largest absolute Gasteiger partial charge is 0.441 e. The zero-order chi connectivity index (χ0) is 25.4. The molecular formula is C27H28Cl2F3NOS. The summed E-state index contributed by atoms with van der Waals surface area (Å²) in [5.74, 6) is -0.407. The summed E-state index contributed by atoms with van der Waals surface area (Å²) in [5, 5.41) is 1.14. The Morgan fingerprint density at radius 2 is 1.83 bits per heavy atom. The average Bonchev–Trinajstić information content (AvgIpc) is 3.62. The third-order valence-electron chi connectivity index (χ3n) is 7.13. The van der Waals surface area contributed by atoms with Gasteiger partial charge >= 0.3 is 5.51 Å². The molecule has 1 aliphatic heterocycles. The van der Waals surface area contributed by atoms with Gasteiger partial charge in [0.1, 0.15) is 0 Å². The van der Waals surface area contributed by atoms with Crippen molar-refractivity contribution in [1.29, 1.82) is 0 Å². The fraction of sp³-hybridized carbons (Fsp3) is 0.444. The number of allylic oxidation sites excluding steroid dienone is 1. The Morgan fingerprint density at radius 3 is 2.40 bits per heavy atom. The number of carbonyl (C=O) groups excluding carboxylic acids is 1. The van der Waals surface area contributed by atoms with Crippen LogP contribution in [-0.2, 0) is 4.79 Å². The van der Waals surface area contributed by atoms with Gasteiger partial charge in [-0.2, -0.15) is 13.2 Å². The average molecular weight is 542 g/mol. The Morgan fingerprint density at radius 1 is 1.14 bits per heavy atom. The highest BCUT2D eigenvalue weighted by Crippen LogP contribution is 2.54. The number of carbonyl (C=O) groups is 1. The van der Waals surface area contributed by atoms with Gasteiger partial charge in [0.25, 0.3) is 0 Å². The first-order valence-corrected chi connectivity index (χ1v) is 13.4. The van der Waals surface area contributed by atoms with E-state index in [2.05, 4.69) is 6.58 Å². The predicted octanol–water partition coefficient (Wildman–Crippen LogP) is 8.66. The number of hydrogen-bond donors (Lipinski definition) is 0. The van der Waals surface area contributed by atoms with E-state index in [0.29, 0.717) is 22.9 Å². The molecule has 3 unspecified atom stereocenters. The molecule has 4 atom stereocenters. The number of rotatable bonds is 8. The number of likely N-dealkylation sites (tertiary alicyclic amines) is 1. The molecule has 1 aliphatic carbocycles. The molecule has 35 heavy (non-hydrogen) atoms. The highest BCUT2D eigenvalue weighted by molar-refractivity contribution is 8.00. The van der Waals surface area contributed by atoms with Crippen LogP contribution in [0.4, 0.5) is 13.2 Å². The van der Waals surface area contributed by atoms with E-state index >= 15 is 0 Å². The van der Waals surface area contributed by atoms with Gasteiger partial charge in [-0.25, -0.2) is 0 Å². The molecule has 0 bridgehead atoms. The van der Waals surface area contributed by atoms with Gasteiger partial charge in [0, 0.05) is 27.8 Å². The maximum Gasteiger partial charge on any atom is 0.441 e. The summed E-state index contributed by atoms with van der Waals surface area (Å²) in [5.41, 5.74) is -3.33. The molecule has 1 saturated heterocycles. The number of nitrogens with zero attached hydrogens (tertiary/aromatic N) is 1. The first-order valence-electron chi connectivity index (χ1n) is 11.7. The maximum atomic E-state index is 14.2. The van der Waals surface area contributed by atoms with Crippen LogP contribution in [0.3, 0.4) is 0 Å². The topological polar surface area (TPSA) is 20.3 Å². The van der Waals surface area contributed by atoms with Crippen molar-refractivity contribution < 1.29 is 18.0 Å². The van der Waals surface area contributed by atoms with Gasteiger partial charge in [0.05, 0.1) is 11.5 Å². The lowest BCUT2D eigenvalue weighted by atomic mass is 9.67. The number of hydrogen-bond acceptors (Lipinski definition) is 2. The van der Waals surface area contributed by atoms with Gasteiger partial charge in [0.15, 0.2) is 0 Å². The van der Waals surface area contributed by atoms with Gasteiger partial charge in [-0.15, -0.1) is 6.58 Å². The molecular weight excluding hydrogens is 514 g/mol. The van der Waals surface area contributed by atoms with Crippen LogP contribution in [0.15, 0.2) is 61.2 Å². The Balaban J connectivity index is 1.87. The van der Waals surface area contributed by atoms with E-state index in [4.69, 9.17) is 23.2 Å². The van der Waals surface area contributed by atoms with Crippen molar-refractivity contribution in [1.82, 2.24) is 4.90 Å². The minimum Gasteiger partial charge on any atom is -0.330 e. The molecule has 4 rings (SSSR count). The summed E-state index contributed by atoms with van der Waals surface area (Å²) in [7, 11) is 0. The lowest BCUT2D eigenvalue weighted by Gasteiger charge is -2.52. The molecule has 1 heterocycles. The van der Waals surface area contributed by atoms with E-state index in [1.54, 1.807) is 29.2 Å². The maximum absolute atomic E-state index is 14.2. The van der Waals surface area contributed by atoms with E-state index in [9.17, 15) is 18.0 Å². The second-order valence-electron chi connectivity index (χ2n) is 9.79. The van der Waals surface area contributed by atoms with E-state index < -0.39 is 23.0 Å². The predicted molar refractivity (Wildman–Crippen MR) is 138 cm³/mol. The molecule has 0 N–H and O–H groups in total. The Hall–Kier alpha value is -1.63. The van der Waals surface area contributed by atoms with Crippen molar-refractivity contribution in [3.8, 4) is 0 Å². The van der Waals surface area contributed by atoms with E-state index in [0.717, 1.165) is 24.0 Å². The molecule has 2 fully saturated rings. The van der Waals surface area contributed by atoms with Gasteiger partial charge < -0.3 is 4.90 Å². The monoisotopic (exact) mass is 541 g/mol. The molecule has 2 aromatic rings. The van der Waals surface area contributed by atoms with Gasteiger partial charge in [-0.1, -0.05) is 60.5 Å². The molecule has 2 nitrogen and oxygen atoms in total. The highest BCUT2D eigenvalue weighted by Gasteiger charge is 2.53. The number of amides is 1. The smallest absolute Gasteiger partial charge is 0.330 e. The first kappa shape index (κ1) is 26.4. The summed E-state index contributed by atoms with van der Waals surface area (Å²) in [6.45, 7) is 5.76. The Labute approximate surface area is 218 Å². The van der Waals surface area contributed by atoms with Crippen LogP contribution < -0.4 is 0 Å². The zero-order valence-corrected chi connectivity index (χ0v) is 21.7. The third kappa shape index (κ3) is 6.03. The highest BCUT2D eigenvalue weighted by atomic mass is 35.5. The van der Waals surface area contributed by atoms with Crippen LogP contribution in [0.5, 0.6) is 0 Å². The fourth-order valence-corrected chi connectivity index (χ4v) is 6.47. The SMILES string of the molecule is C=CCC1(C)CC(c2cccc(Cl)c2)C(c2ccc(Cl)cc2)N([C@H](CSC(F)(F)F)C2CC2)C1=O. The third-order valence-corrected chi connectivity index (χ3v) is 8.45. The van der Waals surface area contributed by atoms with Crippen LogP contribution in [0.1, 0.15) is 55.7 Å². The minimum atomic E-state index is -4.36. The van der Waals surface area contributed by atoms with Crippen LogP contribution in [-0.4, -0.2) is 28.1 Å². The minimum absolute atomic E-state index is 0.0379. The second kappa shape index (κ2) is 10.4. The normalized spacial score (nSPS) is 26.0. The number of alkyl halides is 3. The van der Waals surface area contributed by atoms with E-state index in [-0.39, 0.29) is 35.3 Å². The van der Waals surface area contributed by atoms with Crippen LogP contribution in [0.2, 0.25) is 10.0 Å². The fourth-order valence-electron chi connectivity index (χ4n) is 5.36. The van der Waals surface area contributed by atoms with E-state index in [1.165, 1.54) is 0 Å². The van der Waals surface area contributed by atoms with Gasteiger partial charge in [-0.3, -0.25) is 4.79 Å².